The Morgan fingerprint density at radius 2 is 2.23 bits per heavy atom. The quantitative estimate of drug-likeness (QED) is 0.627. The second-order valence-electron chi connectivity index (χ2n) is 3.31. The van der Waals surface area contributed by atoms with E-state index in [2.05, 4.69) is 25.1 Å². The number of nitrogens with one attached hydrogen (secondary N) is 1. The van der Waals surface area contributed by atoms with E-state index in [0.29, 0.717) is 25.6 Å². The molecule has 1 amide bonds. The molecule has 3 nitrogen and oxygen atoms in total. The number of amides is 1. The van der Waals surface area contributed by atoms with Gasteiger partial charge in [-0.3, -0.25) is 4.79 Å². The monoisotopic (exact) mass is 182 g/mol. The molecule has 0 fully saturated rings. The van der Waals surface area contributed by atoms with Gasteiger partial charge in [-0.2, -0.15) is 0 Å². The number of hydrogen-bond acceptors (Lipinski definition) is 2. The van der Waals surface area contributed by atoms with E-state index in [-0.39, 0.29) is 5.91 Å². The van der Waals surface area contributed by atoms with E-state index in [1.165, 1.54) is 0 Å². The van der Waals surface area contributed by atoms with Crippen LogP contribution in [0.1, 0.15) is 20.3 Å². The van der Waals surface area contributed by atoms with E-state index in [1.54, 1.807) is 11.9 Å². The lowest BCUT2D eigenvalue weighted by Gasteiger charge is -2.14. The van der Waals surface area contributed by atoms with Crippen LogP contribution in [0, 0.1) is 12.3 Å². The van der Waals surface area contributed by atoms with Crippen molar-refractivity contribution in [1.82, 2.24) is 10.2 Å². The van der Waals surface area contributed by atoms with E-state index in [0.717, 1.165) is 0 Å². The van der Waals surface area contributed by atoms with Crippen molar-refractivity contribution in [2.75, 3.05) is 20.1 Å². The summed E-state index contributed by atoms with van der Waals surface area (Å²) in [5, 5.41) is 3.17. The number of rotatable bonds is 5. The van der Waals surface area contributed by atoms with Gasteiger partial charge in [0, 0.05) is 26.1 Å². The molecule has 0 aliphatic heterocycles. The average Bonchev–Trinajstić information content (AvgIpc) is 2.04. The summed E-state index contributed by atoms with van der Waals surface area (Å²) in [6.45, 7) is 5.21. The van der Waals surface area contributed by atoms with Crippen LogP contribution in [0.15, 0.2) is 0 Å². The molecule has 0 rings (SSSR count). The maximum Gasteiger partial charge on any atom is 0.224 e. The first-order valence-electron chi connectivity index (χ1n) is 4.48. The summed E-state index contributed by atoms with van der Waals surface area (Å²) in [5.41, 5.74) is 0. The molecular weight excluding hydrogens is 164 g/mol. The fourth-order valence-electron chi connectivity index (χ4n) is 0.884. The highest BCUT2D eigenvalue weighted by molar-refractivity contribution is 5.76. The minimum atomic E-state index is 0.0890. The van der Waals surface area contributed by atoms with Gasteiger partial charge < -0.3 is 10.2 Å². The molecule has 0 saturated carbocycles. The molecule has 0 aliphatic carbocycles. The van der Waals surface area contributed by atoms with E-state index >= 15 is 0 Å². The standard InChI is InChI=1S/C10H18N2O/c1-5-8-12(4)10(13)6-7-11-9(2)3/h1,9,11H,6-8H2,2-4H3. The maximum atomic E-state index is 11.3. The number of carbonyl (C=O) groups excluding carboxylic acids is 1. The van der Waals surface area contributed by atoms with E-state index < -0.39 is 0 Å². The van der Waals surface area contributed by atoms with Gasteiger partial charge in [-0.05, 0) is 0 Å². The van der Waals surface area contributed by atoms with Crippen LogP contribution in [0.3, 0.4) is 0 Å². The zero-order valence-electron chi connectivity index (χ0n) is 8.63. The molecule has 3 heteroatoms. The minimum Gasteiger partial charge on any atom is -0.335 e. The van der Waals surface area contributed by atoms with Gasteiger partial charge in [-0.25, -0.2) is 0 Å². The van der Waals surface area contributed by atoms with E-state index in [9.17, 15) is 4.79 Å². The van der Waals surface area contributed by atoms with Crippen molar-refractivity contribution >= 4 is 5.91 Å². The molecular formula is C10H18N2O. The fraction of sp³-hybridized carbons (Fsp3) is 0.700. The lowest BCUT2D eigenvalue weighted by Crippen LogP contribution is -2.32. The van der Waals surface area contributed by atoms with Crippen molar-refractivity contribution in [1.29, 1.82) is 0 Å². The van der Waals surface area contributed by atoms with Gasteiger partial charge in [-0.15, -0.1) is 6.42 Å². The third-order valence-corrected chi connectivity index (χ3v) is 1.65. The minimum absolute atomic E-state index is 0.0890. The topological polar surface area (TPSA) is 32.3 Å². The fourth-order valence-corrected chi connectivity index (χ4v) is 0.884. The molecule has 0 atom stereocenters. The molecule has 0 unspecified atom stereocenters. The lowest BCUT2D eigenvalue weighted by atomic mass is 10.3. The van der Waals surface area contributed by atoms with Gasteiger partial charge in [0.05, 0.1) is 6.54 Å². The van der Waals surface area contributed by atoms with Gasteiger partial charge in [-0.1, -0.05) is 19.8 Å². The van der Waals surface area contributed by atoms with Crippen molar-refractivity contribution in [3.05, 3.63) is 0 Å². The Morgan fingerprint density at radius 3 is 2.69 bits per heavy atom. The number of hydrogen-bond donors (Lipinski definition) is 1. The van der Waals surface area contributed by atoms with E-state index in [4.69, 9.17) is 6.42 Å². The van der Waals surface area contributed by atoms with E-state index in [1.807, 2.05) is 0 Å². The Kier molecular flexibility index (Phi) is 5.99. The second-order valence-corrected chi connectivity index (χ2v) is 3.31. The molecule has 0 aliphatic rings. The largest absolute Gasteiger partial charge is 0.335 e. The molecule has 0 aromatic carbocycles. The molecule has 0 spiro atoms. The highest BCUT2D eigenvalue weighted by Crippen LogP contribution is 1.89. The predicted molar refractivity (Wildman–Crippen MR) is 54.2 cm³/mol. The van der Waals surface area contributed by atoms with Crippen LogP contribution in [-0.2, 0) is 4.79 Å². The van der Waals surface area contributed by atoms with Crippen LogP contribution in [0.5, 0.6) is 0 Å². The van der Waals surface area contributed by atoms with Crippen LogP contribution in [-0.4, -0.2) is 37.0 Å². The molecule has 13 heavy (non-hydrogen) atoms. The molecule has 0 aromatic heterocycles. The SMILES string of the molecule is C#CCN(C)C(=O)CCNC(C)C. The summed E-state index contributed by atoms with van der Waals surface area (Å²) in [5.74, 6) is 2.52. The average molecular weight is 182 g/mol. The van der Waals surface area contributed by atoms with Crippen LogP contribution >= 0.6 is 0 Å². The third kappa shape index (κ3) is 6.18. The Morgan fingerprint density at radius 1 is 1.62 bits per heavy atom. The number of nitrogens with zero attached hydrogens (tertiary/aromatic N) is 1. The van der Waals surface area contributed by atoms with Crippen LogP contribution in [0.2, 0.25) is 0 Å². The summed E-state index contributed by atoms with van der Waals surface area (Å²) in [7, 11) is 1.72. The molecule has 0 saturated heterocycles. The Bertz CT molecular complexity index is 194. The maximum absolute atomic E-state index is 11.3. The third-order valence-electron chi connectivity index (χ3n) is 1.65. The van der Waals surface area contributed by atoms with Gasteiger partial charge in [0.25, 0.3) is 0 Å². The van der Waals surface area contributed by atoms with Crippen LogP contribution in [0.4, 0.5) is 0 Å². The van der Waals surface area contributed by atoms with Gasteiger partial charge in [0.1, 0.15) is 0 Å². The molecule has 0 bridgehead atoms. The second kappa shape index (κ2) is 6.50. The first-order chi connectivity index (χ1) is 6.07. The summed E-state index contributed by atoms with van der Waals surface area (Å²) >= 11 is 0. The first kappa shape index (κ1) is 12.0. The zero-order valence-corrected chi connectivity index (χ0v) is 8.63. The lowest BCUT2D eigenvalue weighted by molar-refractivity contribution is -0.129. The molecule has 0 aromatic rings. The molecule has 74 valence electrons. The first-order valence-corrected chi connectivity index (χ1v) is 4.48. The number of carbonyl (C=O) groups is 1. The van der Waals surface area contributed by atoms with Crippen molar-refractivity contribution < 1.29 is 4.79 Å². The number of terminal acetylenes is 1. The summed E-state index contributed by atoms with van der Waals surface area (Å²) in [6, 6.07) is 0.422. The Balaban J connectivity index is 3.57. The smallest absolute Gasteiger partial charge is 0.224 e. The van der Waals surface area contributed by atoms with Crippen LogP contribution < -0.4 is 5.32 Å². The zero-order chi connectivity index (χ0) is 10.3. The normalized spacial score (nSPS) is 9.77. The highest BCUT2D eigenvalue weighted by Gasteiger charge is 2.06. The molecule has 0 heterocycles. The Labute approximate surface area is 80.5 Å². The van der Waals surface area contributed by atoms with Crippen molar-refractivity contribution in [2.45, 2.75) is 26.3 Å². The summed E-state index contributed by atoms with van der Waals surface area (Å²) < 4.78 is 0. The summed E-state index contributed by atoms with van der Waals surface area (Å²) in [6.07, 6.45) is 5.59. The van der Waals surface area contributed by atoms with Crippen molar-refractivity contribution in [2.24, 2.45) is 0 Å². The van der Waals surface area contributed by atoms with Crippen molar-refractivity contribution in [3.63, 3.8) is 0 Å². The Hall–Kier alpha value is -1.01. The molecule has 0 radical (unpaired) electrons. The van der Waals surface area contributed by atoms with Crippen LogP contribution in [0.25, 0.3) is 0 Å². The predicted octanol–water partition coefficient (Wildman–Crippen LogP) is 0.466. The summed E-state index contributed by atoms with van der Waals surface area (Å²) in [4.78, 5) is 12.9. The van der Waals surface area contributed by atoms with Crippen molar-refractivity contribution in [3.8, 4) is 12.3 Å². The van der Waals surface area contributed by atoms with Gasteiger partial charge in [0.15, 0.2) is 0 Å². The molecule has 1 N–H and O–H groups in total. The van der Waals surface area contributed by atoms with Gasteiger partial charge in [0.2, 0.25) is 5.91 Å². The highest BCUT2D eigenvalue weighted by atomic mass is 16.2. The van der Waals surface area contributed by atoms with Gasteiger partial charge >= 0.3 is 0 Å².